The first-order valence-electron chi connectivity index (χ1n) is 8.22. The molecule has 20 heavy (non-hydrogen) atoms. The lowest BCUT2D eigenvalue weighted by Gasteiger charge is -2.42. The van der Waals surface area contributed by atoms with Crippen molar-refractivity contribution in [3.8, 4) is 0 Å². The fourth-order valence-electron chi connectivity index (χ4n) is 4.56. The second kappa shape index (κ2) is 4.96. The number of anilines is 2. The van der Waals surface area contributed by atoms with Gasteiger partial charge in [-0.05, 0) is 43.2 Å². The van der Waals surface area contributed by atoms with Crippen molar-refractivity contribution in [2.75, 3.05) is 29.5 Å². The van der Waals surface area contributed by atoms with Gasteiger partial charge in [0, 0.05) is 30.9 Å². The van der Waals surface area contributed by atoms with E-state index in [0.717, 1.165) is 24.8 Å². The van der Waals surface area contributed by atoms with Crippen LogP contribution < -0.4 is 15.8 Å². The first-order valence-corrected chi connectivity index (χ1v) is 8.22. The summed E-state index contributed by atoms with van der Waals surface area (Å²) in [6.07, 6.45) is 8.32. The van der Waals surface area contributed by atoms with Crippen LogP contribution in [0.3, 0.4) is 0 Å². The van der Waals surface area contributed by atoms with E-state index >= 15 is 0 Å². The summed E-state index contributed by atoms with van der Waals surface area (Å²) in [5, 5.41) is 1.91. The Bertz CT molecular complexity index is 499. The summed E-state index contributed by atoms with van der Waals surface area (Å²) in [5.41, 5.74) is 4.18. The standard InChI is InChI=1S/C17H25N3/c18-20-11-9-15-16(6-3-7-17(15)20)19-10-8-13-4-1-2-5-14(13)12-19/h3,6-7,13-14H,1-2,4-5,8-12,18H2. The lowest BCUT2D eigenvalue weighted by molar-refractivity contribution is 0.202. The molecule has 1 aliphatic carbocycles. The molecule has 0 spiro atoms. The Balaban J connectivity index is 1.59. The number of benzene rings is 1. The molecule has 3 aliphatic rings. The predicted molar refractivity (Wildman–Crippen MR) is 84.0 cm³/mol. The molecule has 3 heteroatoms. The Labute approximate surface area is 121 Å². The normalized spacial score (nSPS) is 29.2. The summed E-state index contributed by atoms with van der Waals surface area (Å²) in [4.78, 5) is 2.64. The molecular formula is C17H25N3. The number of rotatable bonds is 1. The van der Waals surface area contributed by atoms with Crippen LogP contribution in [-0.4, -0.2) is 19.6 Å². The van der Waals surface area contributed by atoms with E-state index in [1.165, 1.54) is 62.1 Å². The van der Waals surface area contributed by atoms with E-state index in [4.69, 9.17) is 5.84 Å². The van der Waals surface area contributed by atoms with Crippen LogP contribution in [-0.2, 0) is 6.42 Å². The van der Waals surface area contributed by atoms with Crippen molar-refractivity contribution in [3.63, 3.8) is 0 Å². The number of hydrogen-bond donors (Lipinski definition) is 1. The van der Waals surface area contributed by atoms with Crippen molar-refractivity contribution in [2.45, 2.75) is 38.5 Å². The molecule has 108 valence electrons. The third-order valence-electron chi connectivity index (χ3n) is 5.67. The number of hydrogen-bond acceptors (Lipinski definition) is 3. The summed E-state index contributed by atoms with van der Waals surface area (Å²) in [7, 11) is 0. The third kappa shape index (κ3) is 1.99. The summed E-state index contributed by atoms with van der Waals surface area (Å²) >= 11 is 0. The van der Waals surface area contributed by atoms with Gasteiger partial charge >= 0.3 is 0 Å². The summed E-state index contributed by atoms with van der Waals surface area (Å²) in [6.45, 7) is 3.47. The van der Waals surface area contributed by atoms with E-state index in [1.807, 2.05) is 5.01 Å². The molecule has 2 aliphatic heterocycles. The molecule has 2 fully saturated rings. The van der Waals surface area contributed by atoms with Crippen molar-refractivity contribution in [3.05, 3.63) is 23.8 Å². The molecule has 0 radical (unpaired) electrons. The molecular weight excluding hydrogens is 246 g/mol. The van der Waals surface area contributed by atoms with E-state index in [9.17, 15) is 0 Å². The van der Waals surface area contributed by atoms with Crippen LogP contribution in [0, 0.1) is 11.8 Å². The Morgan fingerprint density at radius 1 is 0.950 bits per heavy atom. The lowest BCUT2D eigenvalue weighted by atomic mass is 9.75. The number of nitrogens with zero attached hydrogens (tertiary/aromatic N) is 2. The molecule has 4 rings (SSSR count). The quantitative estimate of drug-likeness (QED) is 0.797. The molecule has 1 aromatic carbocycles. The highest BCUT2D eigenvalue weighted by atomic mass is 15.4. The molecule has 0 bridgehead atoms. The van der Waals surface area contributed by atoms with Gasteiger partial charge in [-0.2, -0.15) is 0 Å². The Hall–Kier alpha value is -1.22. The summed E-state index contributed by atoms with van der Waals surface area (Å²) < 4.78 is 0. The van der Waals surface area contributed by atoms with Crippen LogP contribution in [0.15, 0.2) is 18.2 Å². The van der Waals surface area contributed by atoms with Gasteiger partial charge in [0.15, 0.2) is 0 Å². The van der Waals surface area contributed by atoms with Crippen molar-refractivity contribution < 1.29 is 0 Å². The van der Waals surface area contributed by atoms with E-state index in [1.54, 1.807) is 0 Å². The minimum Gasteiger partial charge on any atom is -0.371 e. The van der Waals surface area contributed by atoms with Gasteiger partial charge in [-0.25, -0.2) is 5.84 Å². The van der Waals surface area contributed by atoms with Crippen LogP contribution in [0.2, 0.25) is 0 Å². The maximum atomic E-state index is 6.07. The van der Waals surface area contributed by atoms with Crippen LogP contribution in [0.4, 0.5) is 11.4 Å². The smallest absolute Gasteiger partial charge is 0.0570 e. The lowest BCUT2D eigenvalue weighted by Crippen LogP contribution is -2.42. The molecule has 2 unspecified atom stereocenters. The zero-order chi connectivity index (χ0) is 13.5. The van der Waals surface area contributed by atoms with Crippen LogP contribution >= 0.6 is 0 Å². The highest BCUT2D eigenvalue weighted by Gasteiger charge is 2.32. The van der Waals surface area contributed by atoms with Crippen molar-refractivity contribution >= 4 is 11.4 Å². The van der Waals surface area contributed by atoms with Gasteiger partial charge in [-0.1, -0.05) is 25.3 Å². The fraction of sp³-hybridized carbons (Fsp3) is 0.647. The zero-order valence-electron chi connectivity index (χ0n) is 12.2. The summed E-state index contributed by atoms with van der Waals surface area (Å²) in [6, 6.07) is 6.65. The first-order chi connectivity index (χ1) is 9.83. The number of hydrazine groups is 1. The molecule has 2 atom stereocenters. The maximum absolute atomic E-state index is 6.07. The predicted octanol–water partition coefficient (Wildman–Crippen LogP) is 2.94. The van der Waals surface area contributed by atoms with Gasteiger partial charge in [0.25, 0.3) is 0 Å². The number of fused-ring (bicyclic) bond motifs is 2. The van der Waals surface area contributed by atoms with Crippen LogP contribution in [0.1, 0.15) is 37.7 Å². The highest BCUT2D eigenvalue weighted by molar-refractivity contribution is 5.70. The van der Waals surface area contributed by atoms with Crippen molar-refractivity contribution in [1.82, 2.24) is 0 Å². The second-order valence-corrected chi connectivity index (χ2v) is 6.76. The maximum Gasteiger partial charge on any atom is 0.0570 e. The first kappa shape index (κ1) is 12.5. The highest BCUT2D eigenvalue weighted by Crippen LogP contribution is 2.40. The van der Waals surface area contributed by atoms with E-state index in [-0.39, 0.29) is 0 Å². The van der Waals surface area contributed by atoms with Gasteiger partial charge in [0.2, 0.25) is 0 Å². The van der Waals surface area contributed by atoms with E-state index < -0.39 is 0 Å². The average molecular weight is 271 g/mol. The number of piperidine rings is 1. The molecule has 2 heterocycles. The summed E-state index contributed by atoms with van der Waals surface area (Å²) in [5.74, 6) is 8.00. The zero-order valence-corrected chi connectivity index (χ0v) is 12.2. The molecule has 0 amide bonds. The van der Waals surface area contributed by atoms with Gasteiger partial charge in [-0.3, -0.25) is 0 Å². The molecule has 1 saturated carbocycles. The second-order valence-electron chi connectivity index (χ2n) is 6.76. The Morgan fingerprint density at radius 2 is 1.75 bits per heavy atom. The topological polar surface area (TPSA) is 32.5 Å². The van der Waals surface area contributed by atoms with Crippen LogP contribution in [0.25, 0.3) is 0 Å². The minimum absolute atomic E-state index is 0.934. The van der Waals surface area contributed by atoms with E-state index in [2.05, 4.69) is 23.1 Å². The number of nitrogens with two attached hydrogens (primary N) is 1. The average Bonchev–Trinajstić information content (AvgIpc) is 2.88. The van der Waals surface area contributed by atoms with Crippen LogP contribution in [0.5, 0.6) is 0 Å². The van der Waals surface area contributed by atoms with Gasteiger partial charge < -0.3 is 9.91 Å². The fourth-order valence-corrected chi connectivity index (χ4v) is 4.56. The largest absolute Gasteiger partial charge is 0.371 e. The molecule has 0 aromatic heterocycles. The Morgan fingerprint density at radius 3 is 2.65 bits per heavy atom. The van der Waals surface area contributed by atoms with Gasteiger partial charge in [0.05, 0.1) is 5.69 Å². The van der Waals surface area contributed by atoms with Crippen molar-refractivity contribution in [2.24, 2.45) is 17.7 Å². The minimum atomic E-state index is 0.934. The molecule has 1 aromatic rings. The van der Waals surface area contributed by atoms with E-state index in [0.29, 0.717) is 0 Å². The monoisotopic (exact) mass is 271 g/mol. The SMILES string of the molecule is NN1CCc2c1cccc2N1CCC2CCCCC2C1. The Kier molecular flexibility index (Phi) is 3.10. The molecule has 1 saturated heterocycles. The molecule has 3 nitrogen and oxygen atoms in total. The van der Waals surface area contributed by atoms with Gasteiger partial charge in [-0.15, -0.1) is 0 Å². The van der Waals surface area contributed by atoms with Crippen molar-refractivity contribution in [1.29, 1.82) is 0 Å². The molecule has 2 N–H and O–H groups in total. The third-order valence-corrected chi connectivity index (χ3v) is 5.67. The van der Waals surface area contributed by atoms with Gasteiger partial charge in [0.1, 0.15) is 0 Å².